The van der Waals surface area contributed by atoms with Gasteiger partial charge in [0.05, 0.1) is 0 Å². The monoisotopic (exact) mass is 235 g/mol. The van der Waals surface area contributed by atoms with E-state index in [4.69, 9.17) is 0 Å². The lowest BCUT2D eigenvalue weighted by Gasteiger charge is -2.10. The Morgan fingerprint density at radius 2 is 2.19 bits per heavy atom. The van der Waals surface area contributed by atoms with Gasteiger partial charge in [0.2, 0.25) is 0 Å². The van der Waals surface area contributed by atoms with E-state index in [1.165, 1.54) is 36.5 Å². The van der Waals surface area contributed by atoms with Crippen LogP contribution < -0.4 is 5.32 Å². The summed E-state index contributed by atoms with van der Waals surface area (Å²) in [5, 5.41) is 3.39. The summed E-state index contributed by atoms with van der Waals surface area (Å²) in [6, 6.07) is 8.90. The molecule has 0 aromatic heterocycles. The fraction of sp³-hybridized carbons (Fsp3) is 0.571. The molecule has 0 fully saturated rings. The van der Waals surface area contributed by atoms with Crippen molar-refractivity contribution < 1.29 is 0 Å². The highest BCUT2D eigenvalue weighted by molar-refractivity contribution is 7.99. The second-order valence-electron chi connectivity index (χ2n) is 4.40. The lowest BCUT2D eigenvalue weighted by molar-refractivity contribution is 0.579. The Morgan fingerprint density at radius 1 is 1.31 bits per heavy atom. The number of nitrogens with one attached hydrogen (secondary N) is 1. The van der Waals surface area contributed by atoms with E-state index < -0.39 is 0 Å². The summed E-state index contributed by atoms with van der Waals surface area (Å²) in [6.45, 7) is 4.45. The summed E-state index contributed by atoms with van der Waals surface area (Å²) in [4.78, 5) is 1.51. The molecule has 1 N–H and O–H groups in total. The fourth-order valence-corrected chi connectivity index (χ4v) is 3.59. The molecule has 0 bridgehead atoms. The first-order valence-electron chi connectivity index (χ1n) is 6.34. The van der Waals surface area contributed by atoms with Crippen LogP contribution in [0.3, 0.4) is 0 Å². The normalized spacial score (nSPS) is 18.7. The first kappa shape index (κ1) is 12.0. The standard InChI is InChI=1S/C14H21NS/c1-2-15-10-6-5-7-12-11-16-14-9-4-3-8-13(12)14/h3-4,8-9,12,15H,2,5-7,10-11H2,1H3. The number of rotatable bonds is 6. The van der Waals surface area contributed by atoms with Crippen LogP contribution in [0.5, 0.6) is 0 Å². The molecular formula is C14H21NS. The van der Waals surface area contributed by atoms with Gasteiger partial charge in [-0.15, -0.1) is 11.8 Å². The van der Waals surface area contributed by atoms with Crippen LogP contribution in [0.1, 0.15) is 37.7 Å². The summed E-state index contributed by atoms with van der Waals surface area (Å²) < 4.78 is 0. The van der Waals surface area contributed by atoms with Crippen molar-refractivity contribution in [3.63, 3.8) is 0 Å². The Hall–Kier alpha value is -0.470. The van der Waals surface area contributed by atoms with Gasteiger partial charge in [0.15, 0.2) is 0 Å². The van der Waals surface area contributed by atoms with Crippen LogP contribution in [0.4, 0.5) is 0 Å². The second-order valence-corrected chi connectivity index (χ2v) is 5.46. The smallest absolute Gasteiger partial charge is 0.0107 e. The molecule has 1 heterocycles. The average molecular weight is 235 g/mol. The maximum Gasteiger partial charge on any atom is 0.0107 e. The number of hydrogen-bond acceptors (Lipinski definition) is 2. The first-order chi connectivity index (χ1) is 7.92. The van der Waals surface area contributed by atoms with Crippen LogP contribution >= 0.6 is 11.8 Å². The van der Waals surface area contributed by atoms with Crippen molar-refractivity contribution in [1.29, 1.82) is 0 Å². The summed E-state index contributed by atoms with van der Waals surface area (Å²) >= 11 is 2.03. The van der Waals surface area contributed by atoms with E-state index in [1.54, 1.807) is 5.56 Å². The summed E-state index contributed by atoms with van der Waals surface area (Å²) in [5.41, 5.74) is 1.59. The lowest BCUT2D eigenvalue weighted by atomic mass is 9.95. The van der Waals surface area contributed by atoms with Crippen molar-refractivity contribution in [3.05, 3.63) is 29.8 Å². The van der Waals surface area contributed by atoms with Crippen LogP contribution in [0.2, 0.25) is 0 Å². The third kappa shape index (κ3) is 3.02. The lowest BCUT2D eigenvalue weighted by Crippen LogP contribution is -2.14. The molecular weight excluding hydrogens is 214 g/mol. The van der Waals surface area contributed by atoms with Crippen LogP contribution in [0.25, 0.3) is 0 Å². The average Bonchev–Trinajstić information content (AvgIpc) is 2.73. The first-order valence-corrected chi connectivity index (χ1v) is 7.33. The predicted molar refractivity (Wildman–Crippen MR) is 72.3 cm³/mol. The Bertz CT molecular complexity index is 324. The number of unbranched alkanes of at least 4 members (excludes halogenated alkanes) is 1. The molecule has 1 aromatic rings. The molecule has 1 aliphatic rings. The largest absolute Gasteiger partial charge is 0.317 e. The number of thioether (sulfide) groups is 1. The zero-order chi connectivity index (χ0) is 11.2. The van der Waals surface area contributed by atoms with E-state index >= 15 is 0 Å². The predicted octanol–water partition coefficient (Wildman–Crippen LogP) is 3.66. The molecule has 1 aromatic carbocycles. The van der Waals surface area contributed by atoms with Crippen molar-refractivity contribution in [2.45, 2.75) is 37.0 Å². The van der Waals surface area contributed by atoms with Gasteiger partial charge in [-0.25, -0.2) is 0 Å². The summed E-state index contributed by atoms with van der Waals surface area (Å²) in [7, 11) is 0. The van der Waals surface area contributed by atoms with Gasteiger partial charge in [-0.3, -0.25) is 0 Å². The second kappa shape index (κ2) is 6.31. The van der Waals surface area contributed by atoms with Gasteiger partial charge in [-0.1, -0.05) is 31.5 Å². The minimum absolute atomic E-state index is 0.808. The quantitative estimate of drug-likeness (QED) is 0.755. The molecule has 2 rings (SSSR count). The maximum atomic E-state index is 3.39. The van der Waals surface area contributed by atoms with Crippen LogP contribution in [-0.2, 0) is 0 Å². The molecule has 0 aliphatic carbocycles. The third-order valence-electron chi connectivity index (χ3n) is 3.20. The van der Waals surface area contributed by atoms with E-state index in [1.807, 2.05) is 11.8 Å². The van der Waals surface area contributed by atoms with Gasteiger partial charge in [-0.05, 0) is 43.5 Å². The van der Waals surface area contributed by atoms with Crippen molar-refractivity contribution in [3.8, 4) is 0 Å². The zero-order valence-electron chi connectivity index (χ0n) is 10.0. The maximum absolute atomic E-state index is 3.39. The highest BCUT2D eigenvalue weighted by Gasteiger charge is 2.21. The van der Waals surface area contributed by atoms with Crippen molar-refractivity contribution >= 4 is 11.8 Å². The molecule has 1 unspecified atom stereocenters. The molecule has 0 spiro atoms. The van der Waals surface area contributed by atoms with Crippen molar-refractivity contribution in [2.24, 2.45) is 0 Å². The van der Waals surface area contributed by atoms with Gasteiger partial charge >= 0.3 is 0 Å². The summed E-state index contributed by atoms with van der Waals surface area (Å²) in [5.74, 6) is 2.10. The molecule has 1 nitrogen and oxygen atoms in total. The van der Waals surface area contributed by atoms with E-state index in [9.17, 15) is 0 Å². The SMILES string of the molecule is CCNCCCCC1CSc2ccccc21. The van der Waals surface area contributed by atoms with Gasteiger partial charge in [-0.2, -0.15) is 0 Å². The Morgan fingerprint density at radius 3 is 3.06 bits per heavy atom. The van der Waals surface area contributed by atoms with E-state index in [0.29, 0.717) is 0 Å². The molecule has 1 atom stereocenters. The van der Waals surface area contributed by atoms with Gasteiger partial charge < -0.3 is 5.32 Å². The van der Waals surface area contributed by atoms with Crippen LogP contribution in [0.15, 0.2) is 29.2 Å². The van der Waals surface area contributed by atoms with E-state index in [2.05, 4.69) is 36.5 Å². The number of hydrogen-bond donors (Lipinski definition) is 1. The Labute approximate surface area is 103 Å². The molecule has 0 amide bonds. The fourth-order valence-electron chi connectivity index (χ4n) is 2.29. The van der Waals surface area contributed by atoms with Crippen LogP contribution in [-0.4, -0.2) is 18.8 Å². The Balaban J connectivity index is 1.76. The van der Waals surface area contributed by atoms with E-state index in [-0.39, 0.29) is 0 Å². The Kier molecular flexibility index (Phi) is 4.73. The molecule has 0 saturated heterocycles. The number of fused-ring (bicyclic) bond motifs is 1. The zero-order valence-corrected chi connectivity index (χ0v) is 10.9. The molecule has 16 heavy (non-hydrogen) atoms. The molecule has 2 heteroatoms. The van der Waals surface area contributed by atoms with Gasteiger partial charge in [0, 0.05) is 10.6 Å². The van der Waals surface area contributed by atoms with Crippen molar-refractivity contribution in [2.75, 3.05) is 18.8 Å². The summed E-state index contributed by atoms with van der Waals surface area (Å²) in [6.07, 6.45) is 4.03. The third-order valence-corrected chi connectivity index (χ3v) is 4.46. The highest BCUT2D eigenvalue weighted by Crippen LogP contribution is 2.41. The highest BCUT2D eigenvalue weighted by atomic mass is 32.2. The van der Waals surface area contributed by atoms with Gasteiger partial charge in [0.1, 0.15) is 0 Å². The van der Waals surface area contributed by atoms with Crippen LogP contribution in [0, 0.1) is 0 Å². The number of benzene rings is 1. The minimum atomic E-state index is 0.808. The van der Waals surface area contributed by atoms with E-state index in [0.717, 1.165) is 12.5 Å². The molecule has 1 aliphatic heterocycles. The molecule has 88 valence electrons. The van der Waals surface area contributed by atoms with Gasteiger partial charge in [0.25, 0.3) is 0 Å². The molecule has 0 radical (unpaired) electrons. The topological polar surface area (TPSA) is 12.0 Å². The molecule has 0 saturated carbocycles. The minimum Gasteiger partial charge on any atom is -0.317 e. The van der Waals surface area contributed by atoms with Crippen molar-refractivity contribution in [1.82, 2.24) is 5.32 Å².